The van der Waals surface area contributed by atoms with Gasteiger partial charge in [-0.25, -0.2) is 4.79 Å². The molecule has 0 saturated carbocycles. The minimum absolute atomic E-state index is 0. The number of hydrogen-bond acceptors (Lipinski definition) is 2. The summed E-state index contributed by atoms with van der Waals surface area (Å²) in [4.78, 5) is 24.8. The maximum atomic E-state index is 11.3. The molecule has 1 heterocycles. The van der Waals surface area contributed by atoms with Crippen molar-refractivity contribution in [3.63, 3.8) is 0 Å². The van der Waals surface area contributed by atoms with Gasteiger partial charge in [-0.05, 0) is 18.2 Å². The first kappa shape index (κ1) is 11.3. The van der Waals surface area contributed by atoms with E-state index in [4.69, 9.17) is 5.11 Å². The van der Waals surface area contributed by atoms with Gasteiger partial charge in [-0.3, -0.25) is 4.79 Å². The molecule has 0 spiro atoms. The van der Waals surface area contributed by atoms with Gasteiger partial charge in [0, 0.05) is 23.2 Å². The van der Waals surface area contributed by atoms with Crippen LogP contribution in [0, 0.1) is 0 Å². The number of hydrogen-bond donors (Lipinski definition) is 2. The Kier molecular flexibility index (Phi) is 3.11. The number of carboxylic acids is 1. The maximum Gasteiger partial charge on any atom is 0.335 e. The van der Waals surface area contributed by atoms with E-state index in [-0.39, 0.29) is 23.4 Å². The van der Waals surface area contributed by atoms with Crippen LogP contribution in [-0.4, -0.2) is 16.1 Å². The number of H-pyrrole nitrogens is 1. The Hall–Kier alpha value is -1.81. The van der Waals surface area contributed by atoms with Crippen LogP contribution in [0.5, 0.6) is 0 Å². The van der Waals surface area contributed by atoms with Gasteiger partial charge in [0.05, 0.1) is 5.56 Å². The van der Waals surface area contributed by atoms with Gasteiger partial charge in [-0.2, -0.15) is 0 Å². The maximum absolute atomic E-state index is 11.3. The summed E-state index contributed by atoms with van der Waals surface area (Å²) in [5.74, 6) is -1.03. The fraction of sp³-hybridized carbons (Fsp3) is 0. The largest absolute Gasteiger partial charge is 0.478 e. The van der Waals surface area contributed by atoms with Crippen molar-refractivity contribution < 1.29 is 9.90 Å². The predicted molar refractivity (Wildman–Crippen MR) is 58.8 cm³/mol. The number of benzene rings is 1. The lowest BCUT2D eigenvalue weighted by Crippen LogP contribution is -2.03. The molecule has 0 aliphatic carbocycles. The molecule has 2 rings (SSSR count). The third kappa shape index (κ3) is 1.99. The molecule has 2 N–H and O–H groups in total. The van der Waals surface area contributed by atoms with E-state index in [1.807, 2.05) is 0 Å². The summed E-state index contributed by atoms with van der Waals surface area (Å²) in [6.07, 6.45) is 1.53. The first-order valence-electron chi connectivity index (χ1n) is 4.03. The van der Waals surface area contributed by atoms with Crippen molar-refractivity contribution in [2.75, 3.05) is 0 Å². The summed E-state index contributed by atoms with van der Waals surface area (Å²) < 4.78 is 0. The van der Waals surface area contributed by atoms with E-state index in [0.717, 1.165) is 0 Å². The number of carboxylic acid groups (broad SMARTS) is 1. The topological polar surface area (TPSA) is 70.2 Å². The third-order valence-electron chi connectivity index (χ3n) is 2.01. The standard InChI is InChI=1S/C10H7NO3.ClH/c12-9-3-4-11-8-2-1-6(10(13)14)5-7(8)9;/h1-5H,(H,11,12)(H,13,14);1H. The van der Waals surface area contributed by atoms with Crippen molar-refractivity contribution in [1.29, 1.82) is 0 Å². The van der Waals surface area contributed by atoms with Gasteiger partial charge in [0.1, 0.15) is 0 Å². The van der Waals surface area contributed by atoms with Crippen LogP contribution in [0.3, 0.4) is 0 Å². The molecule has 0 aliphatic rings. The molecule has 78 valence electrons. The molecule has 5 heteroatoms. The number of aromatic nitrogens is 1. The molecular formula is C10H8ClNO3. The number of nitrogens with one attached hydrogen (secondary N) is 1. The molecule has 0 fully saturated rings. The van der Waals surface area contributed by atoms with Crippen LogP contribution in [0.4, 0.5) is 0 Å². The Bertz CT molecular complexity index is 562. The lowest BCUT2D eigenvalue weighted by atomic mass is 10.1. The molecule has 0 bridgehead atoms. The van der Waals surface area contributed by atoms with Crippen molar-refractivity contribution >= 4 is 29.3 Å². The SMILES string of the molecule is Cl.O=C(O)c1ccc2[nH]ccc(=O)c2c1. The van der Waals surface area contributed by atoms with Gasteiger partial charge in [-0.1, -0.05) is 0 Å². The number of fused-ring (bicyclic) bond motifs is 1. The summed E-state index contributed by atoms with van der Waals surface area (Å²) in [7, 11) is 0. The second-order valence-corrected chi connectivity index (χ2v) is 2.91. The van der Waals surface area contributed by atoms with Crippen molar-refractivity contribution in [2.45, 2.75) is 0 Å². The zero-order chi connectivity index (χ0) is 10.1. The van der Waals surface area contributed by atoms with Crippen LogP contribution in [0.2, 0.25) is 0 Å². The molecule has 2 aromatic rings. The summed E-state index contributed by atoms with van der Waals surface area (Å²) >= 11 is 0. The number of carbonyl (C=O) groups is 1. The van der Waals surface area contributed by atoms with E-state index in [2.05, 4.69) is 4.98 Å². The minimum atomic E-state index is -1.03. The molecule has 0 aliphatic heterocycles. The third-order valence-corrected chi connectivity index (χ3v) is 2.01. The predicted octanol–water partition coefficient (Wildman–Crippen LogP) is 1.65. The van der Waals surface area contributed by atoms with Crippen LogP contribution in [0.1, 0.15) is 10.4 Å². The van der Waals surface area contributed by atoms with Crippen LogP contribution in [0.15, 0.2) is 35.3 Å². The van der Waals surface area contributed by atoms with E-state index in [9.17, 15) is 9.59 Å². The van der Waals surface area contributed by atoms with Crippen molar-refractivity contribution in [3.05, 3.63) is 46.2 Å². The quantitative estimate of drug-likeness (QED) is 0.775. The Morgan fingerprint density at radius 1 is 1.27 bits per heavy atom. The van der Waals surface area contributed by atoms with Crippen molar-refractivity contribution in [3.8, 4) is 0 Å². The Morgan fingerprint density at radius 2 is 2.00 bits per heavy atom. The second kappa shape index (κ2) is 4.14. The molecule has 1 aromatic heterocycles. The van der Waals surface area contributed by atoms with Gasteiger partial charge in [-0.15, -0.1) is 12.4 Å². The highest BCUT2D eigenvalue weighted by Crippen LogP contribution is 2.09. The Labute approximate surface area is 91.0 Å². The summed E-state index contributed by atoms with van der Waals surface area (Å²) in [6.45, 7) is 0. The normalized spacial score (nSPS) is 9.60. The zero-order valence-electron chi connectivity index (χ0n) is 7.56. The monoisotopic (exact) mass is 225 g/mol. The summed E-state index contributed by atoms with van der Waals surface area (Å²) in [5, 5.41) is 9.12. The minimum Gasteiger partial charge on any atom is -0.478 e. The fourth-order valence-electron chi connectivity index (χ4n) is 1.30. The molecule has 0 radical (unpaired) electrons. The van der Waals surface area contributed by atoms with Crippen LogP contribution in [0.25, 0.3) is 10.9 Å². The van der Waals surface area contributed by atoms with Crippen LogP contribution < -0.4 is 5.43 Å². The highest BCUT2D eigenvalue weighted by atomic mass is 35.5. The number of aromatic carboxylic acids is 1. The van der Waals surface area contributed by atoms with E-state index >= 15 is 0 Å². The van der Waals surface area contributed by atoms with Gasteiger partial charge in [0.15, 0.2) is 5.43 Å². The molecule has 0 amide bonds. The molecule has 4 nitrogen and oxygen atoms in total. The highest BCUT2D eigenvalue weighted by Gasteiger charge is 2.04. The number of rotatable bonds is 1. The lowest BCUT2D eigenvalue weighted by molar-refractivity contribution is 0.0697. The number of pyridine rings is 1. The number of aromatic amines is 1. The van der Waals surface area contributed by atoms with Gasteiger partial charge >= 0.3 is 5.97 Å². The van der Waals surface area contributed by atoms with Gasteiger partial charge in [0.25, 0.3) is 0 Å². The van der Waals surface area contributed by atoms with E-state index in [0.29, 0.717) is 10.9 Å². The van der Waals surface area contributed by atoms with E-state index in [1.165, 1.54) is 24.4 Å². The molecular weight excluding hydrogens is 218 g/mol. The van der Waals surface area contributed by atoms with Gasteiger partial charge in [0.2, 0.25) is 0 Å². The molecule has 0 saturated heterocycles. The first-order chi connectivity index (χ1) is 6.68. The average molecular weight is 226 g/mol. The Morgan fingerprint density at radius 3 is 2.67 bits per heavy atom. The lowest BCUT2D eigenvalue weighted by Gasteiger charge is -1.98. The fourth-order valence-corrected chi connectivity index (χ4v) is 1.30. The van der Waals surface area contributed by atoms with Crippen LogP contribution in [-0.2, 0) is 0 Å². The molecule has 0 atom stereocenters. The van der Waals surface area contributed by atoms with E-state index < -0.39 is 5.97 Å². The Balaban J connectivity index is 0.00000112. The van der Waals surface area contributed by atoms with Gasteiger partial charge < -0.3 is 10.1 Å². The summed E-state index contributed by atoms with van der Waals surface area (Å²) in [6, 6.07) is 5.78. The van der Waals surface area contributed by atoms with Crippen LogP contribution >= 0.6 is 12.4 Å². The number of halogens is 1. The molecule has 15 heavy (non-hydrogen) atoms. The highest BCUT2D eigenvalue weighted by molar-refractivity contribution is 5.93. The summed E-state index contributed by atoms with van der Waals surface area (Å²) in [5.41, 5.74) is 0.582. The molecule has 1 aromatic carbocycles. The zero-order valence-corrected chi connectivity index (χ0v) is 8.38. The van der Waals surface area contributed by atoms with Crippen molar-refractivity contribution in [1.82, 2.24) is 4.98 Å². The first-order valence-corrected chi connectivity index (χ1v) is 4.03. The smallest absolute Gasteiger partial charge is 0.335 e. The van der Waals surface area contributed by atoms with Crippen molar-refractivity contribution in [2.24, 2.45) is 0 Å². The average Bonchev–Trinajstić information content (AvgIpc) is 2.18. The van der Waals surface area contributed by atoms with E-state index in [1.54, 1.807) is 6.07 Å². The second-order valence-electron chi connectivity index (χ2n) is 2.91. The molecule has 0 unspecified atom stereocenters.